The summed E-state index contributed by atoms with van der Waals surface area (Å²) in [6.45, 7) is 0.281. The van der Waals surface area contributed by atoms with Crippen LogP contribution in [0.15, 0.2) is 18.2 Å². The molecule has 2 N–H and O–H groups in total. The average Bonchev–Trinajstić information content (AvgIpc) is 2.37. The van der Waals surface area contributed by atoms with E-state index in [1.165, 1.54) is 19.2 Å². The van der Waals surface area contributed by atoms with Crippen LogP contribution < -0.4 is 10.1 Å². The average molecular weight is 257 g/mol. The van der Waals surface area contributed by atoms with Gasteiger partial charge in [0.05, 0.1) is 13.2 Å². The summed E-state index contributed by atoms with van der Waals surface area (Å²) in [5, 5.41) is 11.4. The number of aliphatic hydroxyl groups excluding tert-OH is 1. The van der Waals surface area contributed by atoms with Gasteiger partial charge in [0.25, 0.3) is 5.91 Å². The molecule has 0 saturated heterocycles. The molecule has 0 spiro atoms. The number of ether oxygens (including phenoxy) is 2. The zero-order valence-corrected chi connectivity index (χ0v) is 10.1. The fraction of sp³-hybridized carbons (Fsp3) is 0.417. The first-order valence-electron chi connectivity index (χ1n) is 5.45. The van der Waals surface area contributed by atoms with Gasteiger partial charge >= 0.3 is 0 Å². The van der Waals surface area contributed by atoms with Crippen LogP contribution in [0.2, 0.25) is 0 Å². The number of hydrogen-bond donors (Lipinski definition) is 2. The lowest BCUT2D eigenvalue weighted by atomic mass is 10.2. The third-order valence-electron chi connectivity index (χ3n) is 2.17. The van der Waals surface area contributed by atoms with Crippen LogP contribution >= 0.6 is 0 Å². The van der Waals surface area contributed by atoms with Crippen molar-refractivity contribution in [2.24, 2.45) is 0 Å². The Bertz CT molecular complexity index is 398. The highest BCUT2D eigenvalue weighted by Gasteiger charge is 2.07. The van der Waals surface area contributed by atoms with Crippen molar-refractivity contribution >= 4 is 5.91 Å². The molecular formula is C12H16FNO4. The summed E-state index contributed by atoms with van der Waals surface area (Å²) in [5.41, 5.74) is 0.449. The molecule has 1 aromatic rings. The SMILES string of the molecule is COCCNC(=O)COc1ccc(CO)cc1F. The number of rotatable bonds is 7. The van der Waals surface area contributed by atoms with Crippen LogP contribution in [0.1, 0.15) is 5.56 Å². The molecule has 0 saturated carbocycles. The monoisotopic (exact) mass is 257 g/mol. The van der Waals surface area contributed by atoms with Crippen molar-refractivity contribution in [2.75, 3.05) is 26.9 Å². The van der Waals surface area contributed by atoms with Gasteiger partial charge in [-0.3, -0.25) is 4.79 Å². The summed E-state index contributed by atoms with van der Waals surface area (Å²) >= 11 is 0. The second kappa shape index (κ2) is 7.62. The number of methoxy groups -OCH3 is 1. The third-order valence-corrected chi connectivity index (χ3v) is 2.17. The van der Waals surface area contributed by atoms with Crippen LogP contribution in [0.25, 0.3) is 0 Å². The number of aliphatic hydroxyl groups is 1. The second-order valence-corrected chi connectivity index (χ2v) is 3.55. The molecule has 0 atom stereocenters. The Hall–Kier alpha value is -1.66. The number of nitrogens with one attached hydrogen (secondary N) is 1. The third kappa shape index (κ3) is 4.68. The van der Waals surface area contributed by atoms with Gasteiger partial charge in [-0.1, -0.05) is 6.07 Å². The Morgan fingerprint density at radius 3 is 2.89 bits per heavy atom. The van der Waals surface area contributed by atoms with E-state index in [0.29, 0.717) is 18.7 Å². The van der Waals surface area contributed by atoms with Crippen molar-refractivity contribution in [3.8, 4) is 5.75 Å². The number of benzene rings is 1. The van der Waals surface area contributed by atoms with E-state index in [-0.39, 0.29) is 24.9 Å². The van der Waals surface area contributed by atoms with Crippen molar-refractivity contribution in [1.82, 2.24) is 5.32 Å². The zero-order chi connectivity index (χ0) is 13.4. The molecule has 1 aromatic carbocycles. The van der Waals surface area contributed by atoms with E-state index in [0.717, 1.165) is 6.07 Å². The van der Waals surface area contributed by atoms with Crippen molar-refractivity contribution < 1.29 is 23.8 Å². The van der Waals surface area contributed by atoms with Crippen LogP contribution in [-0.4, -0.2) is 37.9 Å². The predicted molar refractivity (Wildman–Crippen MR) is 62.7 cm³/mol. The van der Waals surface area contributed by atoms with Gasteiger partial charge < -0.3 is 19.9 Å². The Labute approximate surface area is 105 Å². The molecule has 0 bridgehead atoms. The second-order valence-electron chi connectivity index (χ2n) is 3.55. The molecule has 0 aromatic heterocycles. The van der Waals surface area contributed by atoms with Crippen molar-refractivity contribution in [3.05, 3.63) is 29.6 Å². The van der Waals surface area contributed by atoms with Crippen molar-refractivity contribution in [2.45, 2.75) is 6.61 Å². The molecule has 100 valence electrons. The maximum absolute atomic E-state index is 13.4. The Morgan fingerprint density at radius 1 is 1.50 bits per heavy atom. The maximum Gasteiger partial charge on any atom is 0.258 e. The maximum atomic E-state index is 13.4. The molecule has 0 radical (unpaired) electrons. The van der Waals surface area contributed by atoms with E-state index >= 15 is 0 Å². The number of carbonyl (C=O) groups is 1. The van der Waals surface area contributed by atoms with Crippen LogP contribution in [0.5, 0.6) is 5.75 Å². The van der Waals surface area contributed by atoms with E-state index in [4.69, 9.17) is 14.6 Å². The minimum Gasteiger partial charge on any atom is -0.481 e. The quantitative estimate of drug-likeness (QED) is 0.696. The Balaban J connectivity index is 2.41. The minimum absolute atomic E-state index is 0.0194. The fourth-order valence-corrected chi connectivity index (χ4v) is 1.25. The van der Waals surface area contributed by atoms with Crippen molar-refractivity contribution in [3.63, 3.8) is 0 Å². The van der Waals surface area contributed by atoms with Gasteiger partial charge in [-0.2, -0.15) is 0 Å². The molecular weight excluding hydrogens is 241 g/mol. The molecule has 0 fully saturated rings. The number of carbonyl (C=O) groups excluding carboxylic acids is 1. The summed E-state index contributed by atoms with van der Waals surface area (Å²) in [6.07, 6.45) is 0. The van der Waals surface area contributed by atoms with E-state index < -0.39 is 5.82 Å². The molecule has 0 unspecified atom stereocenters. The zero-order valence-electron chi connectivity index (χ0n) is 10.1. The van der Waals surface area contributed by atoms with E-state index in [1.54, 1.807) is 0 Å². The van der Waals surface area contributed by atoms with Gasteiger partial charge in [-0.15, -0.1) is 0 Å². The molecule has 18 heavy (non-hydrogen) atoms. The van der Waals surface area contributed by atoms with Crippen LogP contribution in [-0.2, 0) is 16.1 Å². The highest BCUT2D eigenvalue weighted by Crippen LogP contribution is 2.18. The van der Waals surface area contributed by atoms with Gasteiger partial charge in [0.1, 0.15) is 0 Å². The summed E-state index contributed by atoms with van der Waals surface area (Å²) < 4.78 is 23.2. The first-order chi connectivity index (χ1) is 8.67. The fourth-order valence-electron chi connectivity index (χ4n) is 1.25. The summed E-state index contributed by atoms with van der Waals surface area (Å²) in [6, 6.07) is 4.07. The lowest BCUT2D eigenvalue weighted by Crippen LogP contribution is -2.31. The molecule has 1 amide bonds. The van der Waals surface area contributed by atoms with Crippen LogP contribution in [0, 0.1) is 5.82 Å². The van der Waals surface area contributed by atoms with E-state index in [1.807, 2.05) is 0 Å². The van der Waals surface area contributed by atoms with Crippen LogP contribution in [0.3, 0.4) is 0 Å². The first-order valence-corrected chi connectivity index (χ1v) is 5.45. The smallest absolute Gasteiger partial charge is 0.258 e. The van der Waals surface area contributed by atoms with E-state index in [2.05, 4.69) is 5.32 Å². The highest BCUT2D eigenvalue weighted by molar-refractivity contribution is 5.77. The number of halogens is 1. The predicted octanol–water partition coefficient (Wildman–Crippen LogP) is 0.459. The first kappa shape index (κ1) is 14.4. The molecule has 6 heteroatoms. The number of hydrogen-bond acceptors (Lipinski definition) is 4. The summed E-state index contributed by atoms with van der Waals surface area (Å²) in [5.74, 6) is -0.974. The lowest BCUT2D eigenvalue weighted by molar-refractivity contribution is -0.123. The molecule has 0 aliphatic carbocycles. The molecule has 0 aliphatic heterocycles. The lowest BCUT2D eigenvalue weighted by Gasteiger charge is -2.08. The molecule has 5 nitrogen and oxygen atoms in total. The molecule has 1 rings (SSSR count). The number of amides is 1. The topological polar surface area (TPSA) is 67.8 Å². The highest BCUT2D eigenvalue weighted by atomic mass is 19.1. The van der Waals surface area contributed by atoms with Gasteiger partial charge in [0.15, 0.2) is 18.2 Å². The van der Waals surface area contributed by atoms with Gasteiger partial charge in [-0.25, -0.2) is 4.39 Å². The van der Waals surface area contributed by atoms with Gasteiger partial charge in [-0.05, 0) is 17.7 Å². The standard InChI is InChI=1S/C12H16FNO4/c1-17-5-4-14-12(16)8-18-11-3-2-9(7-15)6-10(11)13/h2-3,6,15H,4-5,7-8H2,1H3,(H,14,16). The molecule has 0 aliphatic rings. The van der Waals surface area contributed by atoms with Crippen molar-refractivity contribution in [1.29, 1.82) is 0 Å². The summed E-state index contributed by atoms with van der Waals surface area (Å²) in [4.78, 5) is 11.3. The minimum atomic E-state index is -0.605. The largest absolute Gasteiger partial charge is 0.481 e. The normalized spacial score (nSPS) is 10.2. The van der Waals surface area contributed by atoms with E-state index in [9.17, 15) is 9.18 Å². The summed E-state index contributed by atoms with van der Waals surface area (Å²) in [7, 11) is 1.53. The van der Waals surface area contributed by atoms with Gasteiger partial charge in [0.2, 0.25) is 0 Å². The molecule has 0 heterocycles. The Morgan fingerprint density at radius 2 is 2.28 bits per heavy atom. The van der Waals surface area contributed by atoms with Crippen LogP contribution in [0.4, 0.5) is 4.39 Å². The Kier molecular flexibility index (Phi) is 6.10. The van der Waals surface area contributed by atoms with Gasteiger partial charge in [0, 0.05) is 13.7 Å².